The van der Waals surface area contributed by atoms with Gasteiger partial charge in [-0.25, -0.2) is 9.18 Å². The zero-order valence-corrected chi connectivity index (χ0v) is 24.2. The summed E-state index contributed by atoms with van der Waals surface area (Å²) in [6.07, 6.45) is 2.97. The molecular formula is C31H30ClFN6O3. The lowest BCUT2D eigenvalue weighted by atomic mass is 9.99. The fraction of sp³-hybridized carbons (Fsp3) is 0.290. The van der Waals surface area contributed by atoms with Crippen molar-refractivity contribution in [3.63, 3.8) is 0 Å². The summed E-state index contributed by atoms with van der Waals surface area (Å²) in [7, 11) is 0. The molecule has 0 radical (unpaired) electrons. The summed E-state index contributed by atoms with van der Waals surface area (Å²) in [4.78, 5) is 39.3. The van der Waals surface area contributed by atoms with Gasteiger partial charge >= 0.3 is 5.69 Å². The van der Waals surface area contributed by atoms with Crippen molar-refractivity contribution in [2.75, 3.05) is 36.4 Å². The molecule has 0 aliphatic carbocycles. The number of hydrogen-bond acceptors (Lipinski definition) is 7. The summed E-state index contributed by atoms with van der Waals surface area (Å²) in [5.41, 5.74) is 2.21. The number of piperazine rings is 1. The number of aromatic nitrogens is 3. The van der Waals surface area contributed by atoms with Crippen LogP contribution in [0.25, 0.3) is 27.7 Å². The molecule has 0 saturated carbocycles. The van der Waals surface area contributed by atoms with Crippen LogP contribution < -0.4 is 15.9 Å². The highest BCUT2D eigenvalue weighted by atomic mass is 35.5. The van der Waals surface area contributed by atoms with Crippen LogP contribution in [0.5, 0.6) is 5.75 Å². The number of phenols is 1. The van der Waals surface area contributed by atoms with Crippen molar-refractivity contribution in [2.24, 2.45) is 0 Å². The van der Waals surface area contributed by atoms with Gasteiger partial charge in [0.1, 0.15) is 11.6 Å². The molecule has 1 atom stereocenters. The number of nitrogens with one attached hydrogen (secondary N) is 1. The maximum atomic E-state index is 16.6. The van der Waals surface area contributed by atoms with E-state index in [2.05, 4.69) is 21.9 Å². The summed E-state index contributed by atoms with van der Waals surface area (Å²) in [6.45, 7) is 10.9. The van der Waals surface area contributed by atoms with Gasteiger partial charge in [-0.3, -0.25) is 14.3 Å². The number of aromatic hydroxyl groups is 1. The first-order valence-corrected chi connectivity index (χ1v) is 14.1. The molecule has 9 nitrogen and oxygen atoms in total. The van der Waals surface area contributed by atoms with E-state index < -0.39 is 11.5 Å². The highest BCUT2D eigenvalue weighted by Gasteiger charge is 2.36. The van der Waals surface area contributed by atoms with Crippen LogP contribution in [0.4, 0.5) is 15.9 Å². The number of fused-ring (bicyclic) bond motifs is 2. The van der Waals surface area contributed by atoms with Gasteiger partial charge in [-0.15, -0.1) is 0 Å². The van der Waals surface area contributed by atoms with Crippen molar-refractivity contribution in [2.45, 2.75) is 32.7 Å². The van der Waals surface area contributed by atoms with E-state index in [-0.39, 0.29) is 52.0 Å². The molecule has 1 amide bonds. The molecule has 1 fully saturated rings. The average molecular weight is 589 g/mol. The molecule has 1 saturated heterocycles. The number of phenolic OH excluding ortho intramolecular Hbond substituents is 1. The van der Waals surface area contributed by atoms with Crippen LogP contribution in [0, 0.1) is 12.7 Å². The fourth-order valence-corrected chi connectivity index (χ4v) is 6.31. The van der Waals surface area contributed by atoms with Gasteiger partial charge in [0.25, 0.3) is 0 Å². The summed E-state index contributed by atoms with van der Waals surface area (Å²) in [6, 6.07) is 7.68. The topological polar surface area (TPSA) is 104 Å². The molecule has 216 valence electrons. The number of nitrogens with zero attached hydrogens (tertiary/aromatic N) is 5. The standard InChI is InChI=1S/C31H30ClFN6O3/c1-5-23(41)37-11-12-38-18(15-37)14-35-28-25-21(13-19(26(28)33)24-20(32)7-6-8-22(24)40)39(31(42)36-30(25)38)29-17(4)9-10-34-27(29)16(2)3/h5-10,13,16,18,35,40H,1,11-12,14-15H2,2-4H3. The molecule has 6 rings (SSSR count). The second kappa shape index (κ2) is 10.4. The molecule has 0 spiro atoms. The van der Waals surface area contributed by atoms with E-state index in [1.165, 1.54) is 16.7 Å². The Labute approximate surface area is 246 Å². The maximum Gasteiger partial charge on any atom is 0.354 e. The van der Waals surface area contributed by atoms with Gasteiger partial charge in [0.2, 0.25) is 5.91 Å². The Bertz CT molecular complexity index is 1820. The average Bonchev–Trinajstić information content (AvgIpc) is 3.12. The normalized spacial score (nSPS) is 16.3. The number of hydrogen-bond donors (Lipinski definition) is 2. The van der Waals surface area contributed by atoms with E-state index in [4.69, 9.17) is 11.6 Å². The minimum absolute atomic E-state index is 0.0257. The molecule has 2 aliphatic rings. The predicted molar refractivity (Wildman–Crippen MR) is 162 cm³/mol. The first-order chi connectivity index (χ1) is 20.1. The Kier molecular flexibility index (Phi) is 6.89. The van der Waals surface area contributed by atoms with Gasteiger partial charge in [-0.1, -0.05) is 38.1 Å². The van der Waals surface area contributed by atoms with Gasteiger partial charge in [0.15, 0.2) is 5.82 Å². The van der Waals surface area contributed by atoms with Crippen LogP contribution in [-0.2, 0) is 4.79 Å². The van der Waals surface area contributed by atoms with E-state index in [0.717, 1.165) is 5.56 Å². The number of rotatable bonds is 4. The number of carbonyl (C=O) groups excluding carboxylic acids is 1. The quantitative estimate of drug-likeness (QED) is 0.323. The lowest BCUT2D eigenvalue weighted by Gasteiger charge is -2.41. The van der Waals surface area contributed by atoms with Crippen molar-refractivity contribution in [3.05, 3.63) is 81.8 Å². The van der Waals surface area contributed by atoms with Crippen LogP contribution in [-0.4, -0.2) is 62.7 Å². The molecule has 4 heterocycles. The Hall–Kier alpha value is -4.44. The largest absolute Gasteiger partial charge is 0.507 e. The Morgan fingerprint density at radius 3 is 2.79 bits per heavy atom. The van der Waals surface area contributed by atoms with Crippen LogP contribution in [0.1, 0.15) is 31.0 Å². The van der Waals surface area contributed by atoms with Gasteiger partial charge in [0, 0.05) is 43.5 Å². The number of benzene rings is 2. The molecule has 2 aromatic carbocycles. The van der Waals surface area contributed by atoms with E-state index in [1.54, 1.807) is 29.3 Å². The highest BCUT2D eigenvalue weighted by molar-refractivity contribution is 6.33. The summed E-state index contributed by atoms with van der Waals surface area (Å²) < 4.78 is 18.1. The fourth-order valence-electron chi connectivity index (χ4n) is 6.04. The van der Waals surface area contributed by atoms with Gasteiger partial charge in [-0.2, -0.15) is 4.98 Å². The second-order valence-corrected chi connectivity index (χ2v) is 11.3. The number of aryl methyl sites for hydroxylation is 1. The number of carbonyl (C=O) groups is 1. The van der Waals surface area contributed by atoms with E-state index in [1.807, 2.05) is 31.7 Å². The molecule has 2 aliphatic heterocycles. The Morgan fingerprint density at radius 2 is 2.07 bits per heavy atom. The van der Waals surface area contributed by atoms with Crippen molar-refractivity contribution in [1.29, 1.82) is 0 Å². The summed E-state index contributed by atoms with van der Waals surface area (Å²) in [5.74, 6) is -0.710. The zero-order chi connectivity index (χ0) is 29.9. The highest BCUT2D eigenvalue weighted by Crippen LogP contribution is 2.45. The van der Waals surface area contributed by atoms with Crippen LogP contribution in [0.3, 0.4) is 0 Å². The third-order valence-electron chi connectivity index (χ3n) is 8.04. The summed E-state index contributed by atoms with van der Waals surface area (Å²) in [5, 5.41) is 14.6. The minimum atomic E-state index is -0.634. The maximum absolute atomic E-state index is 16.6. The van der Waals surface area contributed by atoms with Gasteiger partial charge in [-0.05, 0) is 48.7 Å². The number of pyridine rings is 1. The van der Waals surface area contributed by atoms with E-state index >= 15 is 4.39 Å². The molecule has 2 N–H and O–H groups in total. The van der Waals surface area contributed by atoms with Gasteiger partial charge in [0.05, 0.1) is 39.0 Å². The first-order valence-electron chi connectivity index (χ1n) is 13.8. The first kappa shape index (κ1) is 27.7. The molecule has 2 aromatic heterocycles. The molecule has 0 bridgehead atoms. The molecular weight excluding hydrogens is 559 g/mol. The van der Waals surface area contributed by atoms with Crippen molar-refractivity contribution < 1.29 is 14.3 Å². The smallest absolute Gasteiger partial charge is 0.354 e. The van der Waals surface area contributed by atoms with Crippen LogP contribution >= 0.6 is 11.6 Å². The summed E-state index contributed by atoms with van der Waals surface area (Å²) >= 11 is 6.51. The monoisotopic (exact) mass is 588 g/mol. The number of anilines is 2. The molecule has 11 heteroatoms. The third-order valence-corrected chi connectivity index (χ3v) is 8.36. The SMILES string of the molecule is C=CC(=O)N1CCN2c3nc(=O)n(-c4c(C)ccnc4C(C)C)c4cc(-c5c(O)cccc5Cl)c(F)c(c34)NCC2C1. The predicted octanol–water partition coefficient (Wildman–Crippen LogP) is 5.01. The molecule has 42 heavy (non-hydrogen) atoms. The van der Waals surface area contributed by atoms with E-state index in [9.17, 15) is 14.7 Å². The second-order valence-electron chi connectivity index (χ2n) is 10.9. The molecule has 1 unspecified atom stereocenters. The number of halogens is 2. The van der Waals surface area contributed by atoms with Crippen molar-refractivity contribution in [1.82, 2.24) is 19.4 Å². The van der Waals surface area contributed by atoms with Gasteiger partial charge < -0.3 is 20.2 Å². The van der Waals surface area contributed by atoms with Crippen molar-refractivity contribution in [3.8, 4) is 22.6 Å². The Morgan fingerprint density at radius 1 is 1.29 bits per heavy atom. The third kappa shape index (κ3) is 4.28. The number of amides is 1. The lowest BCUT2D eigenvalue weighted by molar-refractivity contribution is -0.126. The van der Waals surface area contributed by atoms with Crippen LogP contribution in [0.2, 0.25) is 5.02 Å². The van der Waals surface area contributed by atoms with E-state index in [0.29, 0.717) is 47.7 Å². The molecule has 4 aromatic rings. The lowest BCUT2D eigenvalue weighted by Crippen LogP contribution is -2.57. The Balaban J connectivity index is 1.71. The zero-order valence-electron chi connectivity index (χ0n) is 23.5. The van der Waals surface area contributed by atoms with Crippen molar-refractivity contribution >= 4 is 39.9 Å². The minimum Gasteiger partial charge on any atom is -0.507 e. The van der Waals surface area contributed by atoms with Crippen LogP contribution in [0.15, 0.2) is 54.0 Å².